The molecule has 70 valence electrons. The lowest BCUT2D eigenvalue weighted by Gasteiger charge is -2.18. The van der Waals surface area contributed by atoms with Crippen LogP contribution in [-0.4, -0.2) is 10.8 Å². The van der Waals surface area contributed by atoms with Gasteiger partial charge in [0, 0.05) is 5.92 Å². The van der Waals surface area contributed by atoms with Crippen LogP contribution in [0.2, 0.25) is 0 Å². The minimum atomic E-state index is 0.0877. The van der Waals surface area contributed by atoms with E-state index in [1.807, 2.05) is 0 Å². The molecule has 0 unspecified atom stereocenters. The van der Waals surface area contributed by atoms with Gasteiger partial charge in [0.1, 0.15) is 6.26 Å². The number of carbonyl (C=O) groups is 1. The summed E-state index contributed by atoms with van der Waals surface area (Å²) in [5.74, 6) is 0.531. The van der Waals surface area contributed by atoms with Gasteiger partial charge in [-0.25, -0.2) is 4.98 Å². The maximum Gasteiger partial charge on any atom is 0.263 e. The molecule has 1 heterocycles. The van der Waals surface area contributed by atoms with E-state index in [-0.39, 0.29) is 17.6 Å². The second-order valence-electron chi connectivity index (χ2n) is 3.54. The first-order valence-corrected chi connectivity index (χ1v) is 4.81. The molecule has 0 bridgehead atoms. The Balaban J connectivity index is 2.04. The molecule has 1 fully saturated rings. The van der Waals surface area contributed by atoms with Crippen molar-refractivity contribution in [3.8, 4) is 0 Å². The van der Waals surface area contributed by atoms with E-state index in [1.165, 1.54) is 18.9 Å². The fraction of sp³-hybridized carbons (Fsp3) is 0.600. The second kappa shape index (κ2) is 3.73. The predicted octanol–water partition coefficient (Wildman–Crippen LogP) is 2.44. The lowest BCUT2D eigenvalue weighted by molar-refractivity contribution is 0.0853. The summed E-state index contributed by atoms with van der Waals surface area (Å²) in [6, 6.07) is 0. The first kappa shape index (κ1) is 8.48. The largest absolute Gasteiger partial charge is 0.442 e. The molecular formula is C10H13NO2. The Labute approximate surface area is 77.2 Å². The topological polar surface area (TPSA) is 43.1 Å². The zero-order valence-electron chi connectivity index (χ0n) is 7.53. The molecule has 1 saturated carbocycles. The van der Waals surface area contributed by atoms with Gasteiger partial charge in [-0.05, 0) is 12.8 Å². The van der Waals surface area contributed by atoms with Crippen molar-refractivity contribution in [2.24, 2.45) is 5.92 Å². The highest BCUT2D eigenvalue weighted by molar-refractivity contribution is 5.93. The summed E-state index contributed by atoms with van der Waals surface area (Å²) in [5.41, 5.74) is 0. The van der Waals surface area contributed by atoms with E-state index in [0.29, 0.717) is 0 Å². The number of hydrogen-bond acceptors (Lipinski definition) is 3. The van der Waals surface area contributed by atoms with Crippen molar-refractivity contribution in [1.29, 1.82) is 0 Å². The van der Waals surface area contributed by atoms with Gasteiger partial charge in [0.15, 0.2) is 0 Å². The predicted molar refractivity (Wildman–Crippen MR) is 47.4 cm³/mol. The molecule has 0 aromatic carbocycles. The summed E-state index contributed by atoms with van der Waals surface area (Å²) < 4.78 is 4.99. The van der Waals surface area contributed by atoms with Gasteiger partial charge in [0.05, 0.1) is 6.20 Å². The van der Waals surface area contributed by atoms with Crippen LogP contribution >= 0.6 is 0 Å². The first-order valence-electron chi connectivity index (χ1n) is 4.81. The minimum Gasteiger partial charge on any atom is -0.442 e. The van der Waals surface area contributed by atoms with Gasteiger partial charge in [-0.1, -0.05) is 19.3 Å². The van der Waals surface area contributed by atoms with Crippen LogP contribution < -0.4 is 0 Å². The van der Waals surface area contributed by atoms with Crippen molar-refractivity contribution >= 4 is 5.78 Å². The number of aromatic nitrogens is 1. The van der Waals surface area contributed by atoms with E-state index in [1.54, 1.807) is 0 Å². The van der Waals surface area contributed by atoms with Crippen molar-refractivity contribution in [1.82, 2.24) is 4.98 Å². The van der Waals surface area contributed by atoms with Crippen LogP contribution in [0, 0.1) is 5.92 Å². The quantitative estimate of drug-likeness (QED) is 0.655. The van der Waals surface area contributed by atoms with Crippen LogP contribution in [0.3, 0.4) is 0 Å². The molecule has 3 heteroatoms. The molecule has 1 aliphatic carbocycles. The van der Waals surface area contributed by atoms with Crippen molar-refractivity contribution < 1.29 is 9.21 Å². The number of ketones is 1. The lowest BCUT2D eigenvalue weighted by Crippen LogP contribution is -2.17. The Hall–Kier alpha value is -1.12. The molecule has 0 spiro atoms. The molecule has 0 N–H and O–H groups in total. The molecule has 2 rings (SSSR count). The summed E-state index contributed by atoms with van der Waals surface area (Å²) in [5, 5.41) is 0. The number of hydrogen-bond donors (Lipinski definition) is 0. The third kappa shape index (κ3) is 1.79. The van der Waals surface area contributed by atoms with Gasteiger partial charge in [-0.15, -0.1) is 0 Å². The van der Waals surface area contributed by atoms with Gasteiger partial charge >= 0.3 is 0 Å². The van der Waals surface area contributed by atoms with E-state index < -0.39 is 0 Å². The smallest absolute Gasteiger partial charge is 0.263 e. The monoisotopic (exact) mass is 179 g/mol. The van der Waals surface area contributed by atoms with Crippen molar-refractivity contribution in [2.75, 3.05) is 0 Å². The Bertz CT molecular complexity index is 273. The number of nitrogens with zero attached hydrogens (tertiary/aromatic N) is 1. The van der Waals surface area contributed by atoms with Crippen molar-refractivity contribution in [2.45, 2.75) is 32.1 Å². The van der Waals surface area contributed by atoms with Crippen molar-refractivity contribution in [3.05, 3.63) is 18.4 Å². The summed E-state index contributed by atoms with van der Waals surface area (Å²) in [6.07, 6.45) is 8.57. The van der Waals surface area contributed by atoms with E-state index in [2.05, 4.69) is 4.98 Å². The highest BCUT2D eigenvalue weighted by atomic mass is 16.3. The van der Waals surface area contributed by atoms with Crippen LogP contribution in [0.5, 0.6) is 0 Å². The average Bonchev–Trinajstić information content (AvgIpc) is 2.71. The van der Waals surface area contributed by atoms with Gasteiger partial charge in [-0.2, -0.15) is 0 Å². The molecule has 1 aromatic rings. The third-order valence-corrected chi connectivity index (χ3v) is 2.62. The maximum atomic E-state index is 11.7. The number of oxazole rings is 1. The SMILES string of the molecule is O=C(c1ncco1)C1CCCCC1. The van der Waals surface area contributed by atoms with Crippen LogP contribution in [0.15, 0.2) is 16.9 Å². The van der Waals surface area contributed by atoms with Crippen molar-refractivity contribution in [3.63, 3.8) is 0 Å². The van der Waals surface area contributed by atoms with Gasteiger partial charge in [0.2, 0.25) is 5.78 Å². The average molecular weight is 179 g/mol. The molecule has 3 nitrogen and oxygen atoms in total. The van der Waals surface area contributed by atoms with E-state index in [4.69, 9.17) is 4.42 Å². The molecule has 0 amide bonds. The van der Waals surface area contributed by atoms with E-state index >= 15 is 0 Å². The summed E-state index contributed by atoms with van der Waals surface area (Å²) in [4.78, 5) is 15.6. The second-order valence-corrected chi connectivity index (χ2v) is 3.54. The number of carbonyl (C=O) groups excluding carboxylic acids is 1. The van der Waals surface area contributed by atoms with Crippen LogP contribution in [0.1, 0.15) is 42.8 Å². The molecule has 0 saturated heterocycles. The molecule has 1 aliphatic rings. The fourth-order valence-corrected chi connectivity index (χ4v) is 1.88. The molecule has 1 aromatic heterocycles. The highest BCUT2D eigenvalue weighted by Gasteiger charge is 2.24. The third-order valence-electron chi connectivity index (χ3n) is 2.62. The first-order chi connectivity index (χ1) is 6.38. The zero-order valence-corrected chi connectivity index (χ0v) is 7.53. The number of Topliss-reactive ketones (excluding diaryl/α,β-unsaturated/α-hetero) is 1. The van der Waals surface area contributed by atoms with Gasteiger partial charge < -0.3 is 4.42 Å². The van der Waals surface area contributed by atoms with Gasteiger partial charge in [-0.3, -0.25) is 4.79 Å². The van der Waals surface area contributed by atoms with E-state index in [0.717, 1.165) is 25.7 Å². The summed E-state index contributed by atoms with van der Waals surface area (Å²) >= 11 is 0. The van der Waals surface area contributed by atoms with Crippen LogP contribution in [-0.2, 0) is 0 Å². The number of rotatable bonds is 2. The van der Waals surface area contributed by atoms with Crippen LogP contribution in [0.25, 0.3) is 0 Å². The minimum absolute atomic E-state index is 0.0877. The molecule has 0 atom stereocenters. The molecular weight excluding hydrogens is 166 g/mol. The normalized spacial score (nSPS) is 18.8. The Morgan fingerprint density at radius 1 is 1.38 bits per heavy atom. The fourth-order valence-electron chi connectivity index (χ4n) is 1.88. The summed E-state index contributed by atoms with van der Waals surface area (Å²) in [6.45, 7) is 0. The Morgan fingerprint density at radius 3 is 2.77 bits per heavy atom. The Kier molecular flexibility index (Phi) is 2.43. The van der Waals surface area contributed by atoms with Gasteiger partial charge in [0.25, 0.3) is 5.89 Å². The van der Waals surface area contributed by atoms with Crippen LogP contribution in [0.4, 0.5) is 0 Å². The van der Waals surface area contributed by atoms with E-state index in [9.17, 15) is 4.79 Å². The summed E-state index contributed by atoms with van der Waals surface area (Å²) in [7, 11) is 0. The highest BCUT2D eigenvalue weighted by Crippen LogP contribution is 2.26. The molecule has 0 radical (unpaired) electrons. The zero-order chi connectivity index (χ0) is 9.10. The molecule has 13 heavy (non-hydrogen) atoms. The standard InChI is InChI=1S/C10H13NO2/c12-9(10-11-6-7-13-10)8-4-2-1-3-5-8/h6-8H,1-5H2. The Morgan fingerprint density at radius 2 is 2.15 bits per heavy atom. The maximum absolute atomic E-state index is 11.7. The lowest BCUT2D eigenvalue weighted by atomic mass is 9.86. The molecule has 0 aliphatic heterocycles.